The zero-order valence-electron chi connectivity index (χ0n) is 18.3. The molecular weight excluding hydrogens is 439 g/mol. The van der Waals surface area contributed by atoms with Crippen molar-refractivity contribution in [1.82, 2.24) is 5.32 Å². The molecule has 0 aromatic heterocycles. The maximum atomic E-state index is 13.8. The largest absolute Gasteiger partial charge is 0.493 e. The quantitative estimate of drug-likeness (QED) is 0.446. The Morgan fingerprint density at radius 2 is 1.85 bits per heavy atom. The lowest BCUT2D eigenvalue weighted by atomic mass is 10.1. The zero-order chi connectivity index (χ0) is 23.2. The number of carbonyl (C=O) groups excluding carboxylic acids is 1. The van der Waals surface area contributed by atoms with Crippen molar-refractivity contribution in [2.45, 2.75) is 20.0 Å². The molecule has 1 fully saturated rings. The number of carbonyl (C=O) groups is 1. The normalized spacial score (nSPS) is 15.7. The van der Waals surface area contributed by atoms with Gasteiger partial charge in [0.15, 0.2) is 16.7 Å². The van der Waals surface area contributed by atoms with E-state index < -0.39 is 0 Å². The van der Waals surface area contributed by atoms with Gasteiger partial charge in [-0.1, -0.05) is 43.3 Å². The van der Waals surface area contributed by atoms with E-state index in [-0.39, 0.29) is 18.3 Å². The summed E-state index contributed by atoms with van der Waals surface area (Å²) >= 11 is 1.28. The van der Waals surface area contributed by atoms with Crippen LogP contribution < -0.4 is 14.8 Å². The fourth-order valence-electron chi connectivity index (χ4n) is 3.22. The van der Waals surface area contributed by atoms with Gasteiger partial charge in [-0.25, -0.2) is 9.38 Å². The van der Waals surface area contributed by atoms with E-state index in [9.17, 15) is 9.18 Å². The Balaban J connectivity index is 1.48. The predicted molar refractivity (Wildman–Crippen MR) is 130 cm³/mol. The van der Waals surface area contributed by atoms with Crippen LogP contribution in [0, 0.1) is 5.82 Å². The average Bonchev–Trinajstić information content (AvgIpc) is 3.17. The van der Waals surface area contributed by atoms with Crippen LogP contribution in [-0.4, -0.2) is 18.2 Å². The molecule has 1 saturated heterocycles. The van der Waals surface area contributed by atoms with Crippen LogP contribution in [0.25, 0.3) is 6.08 Å². The van der Waals surface area contributed by atoms with Crippen LogP contribution in [0.3, 0.4) is 0 Å². The van der Waals surface area contributed by atoms with Gasteiger partial charge in [-0.2, -0.15) is 0 Å². The first-order valence-corrected chi connectivity index (χ1v) is 11.3. The van der Waals surface area contributed by atoms with Gasteiger partial charge < -0.3 is 14.8 Å². The minimum absolute atomic E-state index is 0.0841. The lowest BCUT2D eigenvalue weighted by Gasteiger charge is -2.12. The number of hydrogen-bond acceptors (Lipinski definition) is 5. The highest BCUT2D eigenvalue weighted by atomic mass is 32.2. The summed E-state index contributed by atoms with van der Waals surface area (Å²) in [6, 6.07) is 19.7. The standard InChI is InChI=1S/C26H23FN2O3S/c1-3-17-8-11-20(12-9-17)28-26-29-25(30)24(33-26)15-18-10-13-22(23(14-18)31-2)32-16-19-6-4-5-7-21(19)27/h4-15H,3,16H2,1-2H3,(H,28,29,30)/b24-15-. The monoisotopic (exact) mass is 462 g/mol. The summed E-state index contributed by atoms with van der Waals surface area (Å²) in [5.74, 6) is 0.460. The molecule has 33 heavy (non-hydrogen) atoms. The molecule has 168 valence electrons. The van der Waals surface area contributed by atoms with E-state index in [2.05, 4.69) is 17.2 Å². The van der Waals surface area contributed by atoms with Crippen LogP contribution in [0.4, 0.5) is 10.1 Å². The highest BCUT2D eigenvalue weighted by Gasteiger charge is 2.24. The van der Waals surface area contributed by atoms with Gasteiger partial charge in [0, 0.05) is 5.56 Å². The Bertz CT molecular complexity index is 1220. The number of rotatable bonds is 7. The van der Waals surface area contributed by atoms with Crippen LogP contribution in [0.5, 0.6) is 11.5 Å². The predicted octanol–water partition coefficient (Wildman–Crippen LogP) is 5.87. The van der Waals surface area contributed by atoms with E-state index in [0.717, 1.165) is 17.7 Å². The molecule has 4 rings (SSSR count). The number of nitrogens with zero attached hydrogens (tertiary/aromatic N) is 1. The van der Waals surface area contributed by atoms with Crippen LogP contribution >= 0.6 is 11.8 Å². The second-order valence-electron chi connectivity index (χ2n) is 7.29. The third-order valence-electron chi connectivity index (χ3n) is 5.05. The topological polar surface area (TPSA) is 59.9 Å². The molecule has 0 radical (unpaired) electrons. The average molecular weight is 463 g/mol. The van der Waals surface area contributed by atoms with E-state index in [0.29, 0.717) is 27.1 Å². The highest BCUT2D eigenvalue weighted by molar-refractivity contribution is 8.18. The van der Waals surface area contributed by atoms with Gasteiger partial charge in [0.05, 0.1) is 17.7 Å². The SMILES string of the molecule is CCc1ccc(N=C2NC(=O)/C(=C/c3ccc(OCc4ccccc4F)c(OC)c3)S2)cc1. The summed E-state index contributed by atoms with van der Waals surface area (Å²) in [4.78, 5) is 17.5. The van der Waals surface area contributed by atoms with Crippen LogP contribution in [-0.2, 0) is 17.8 Å². The van der Waals surface area contributed by atoms with Crippen molar-refractivity contribution in [3.8, 4) is 11.5 Å². The smallest absolute Gasteiger partial charge is 0.264 e. The fraction of sp³-hybridized carbons (Fsp3) is 0.154. The molecule has 0 saturated carbocycles. The van der Waals surface area contributed by atoms with Crippen molar-refractivity contribution >= 4 is 34.6 Å². The number of amidine groups is 1. The number of halogens is 1. The number of ether oxygens (including phenoxy) is 2. The summed E-state index contributed by atoms with van der Waals surface area (Å²) in [6.45, 7) is 2.18. The highest BCUT2D eigenvalue weighted by Crippen LogP contribution is 2.33. The van der Waals surface area contributed by atoms with E-state index in [1.807, 2.05) is 30.3 Å². The third kappa shape index (κ3) is 5.62. The van der Waals surface area contributed by atoms with Crippen LogP contribution in [0.1, 0.15) is 23.6 Å². The molecule has 3 aromatic carbocycles. The lowest BCUT2D eigenvalue weighted by Crippen LogP contribution is -2.19. The van der Waals surface area contributed by atoms with Crippen LogP contribution in [0.2, 0.25) is 0 Å². The van der Waals surface area contributed by atoms with Crippen molar-refractivity contribution in [3.05, 3.63) is 94.1 Å². The Morgan fingerprint density at radius 1 is 1.06 bits per heavy atom. The van der Waals surface area contributed by atoms with Crippen molar-refractivity contribution in [2.24, 2.45) is 4.99 Å². The Labute approximate surface area is 196 Å². The summed E-state index contributed by atoms with van der Waals surface area (Å²) in [5, 5.41) is 3.33. The number of amides is 1. The number of thioether (sulfide) groups is 1. The maximum absolute atomic E-state index is 13.8. The first-order chi connectivity index (χ1) is 16.1. The summed E-state index contributed by atoms with van der Waals surface area (Å²) in [6.07, 6.45) is 2.73. The van der Waals surface area contributed by atoms with Crippen molar-refractivity contribution < 1.29 is 18.7 Å². The van der Waals surface area contributed by atoms with Gasteiger partial charge >= 0.3 is 0 Å². The number of methoxy groups -OCH3 is 1. The van der Waals surface area contributed by atoms with E-state index in [1.54, 1.807) is 36.4 Å². The van der Waals surface area contributed by atoms with Gasteiger partial charge in [-0.15, -0.1) is 0 Å². The minimum atomic E-state index is -0.319. The second kappa shape index (κ2) is 10.4. The molecule has 7 heteroatoms. The minimum Gasteiger partial charge on any atom is -0.493 e. The van der Waals surface area contributed by atoms with Gasteiger partial charge in [-0.3, -0.25) is 4.79 Å². The summed E-state index contributed by atoms with van der Waals surface area (Å²) in [5.41, 5.74) is 3.25. The molecule has 3 aromatic rings. The van der Waals surface area contributed by atoms with Gasteiger partial charge in [-0.05, 0) is 65.7 Å². The number of benzene rings is 3. The molecule has 0 aliphatic carbocycles. The number of nitrogens with one attached hydrogen (secondary N) is 1. The Kier molecular flexibility index (Phi) is 7.10. The molecule has 1 heterocycles. The second-order valence-corrected chi connectivity index (χ2v) is 8.32. The van der Waals surface area contributed by atoms with Gasteiger partial charge in [0.25, 0.3) is 5.91 Å². The Hall–Kier alpha value is -3.58. The molecule has 1 amide bonds. The maximum Gasteiger partial charge on any atom is 0.264 e. The van der Waals surface area contributed by atoms with Crippen molar-refractivity contribution in [1.29, 1.82) is 0 Å². The summed E-state index contributed by atoms with van der Waals surface area (Å²) < 4.78 is 25.0. The fourth-order valence-corrected chi connectivity index (χ4v) is 4.06. The van der Waals surface area contributed by atoms with Gasteiger partial charge in [0.2, 0.25) is 0 Å². The molecule has 0 unspecified atom stereocenters. The molecular formula is C26H23FN2O3S. The number of aryl methyl sites for hydroxylation is 1. The number of aliphatic imine (C=N–C) groups is 1. The zero-order valence-corrected chi connectivity index (χ0v) is 19.1. The van der Waals surface area contributed by atoms with E-state index >= 15 is 0 Å². The molecule has 0 bridgehead atoms. The van der Waals surface area contributed by atoms with Crippen molar-refractivity contribution in [3.63, 3.8) is 0 Å². The molecule has 5 nitrogen and oxygen atoms in total. The Morgan fingerprint density at radius 3 is 2.58 bits per heavy atom. The lowest BCUT2D eigenvalue weighted by molar-refractivity contribution is -0.115. The molecule has 1 N–H and O–H groups in total. The first-order valence-electron chi connectivity index (χ1n) is 10.5. The van der Waals surface area contributed by atoms with Crippen molar-refractivity contribution in [2.75, 3.05) is 7.11 Å². The molecule has 1 aliphatic rings. The molecule has 0 atom stereocenters. The first kappa shape index (κ1) is 22.6. The van der Waals surface area contributed by atoms with Gasteiger partial charge in [0.1, 0.15) is 12.4 Å². The summed E-state index contributed by atoms with van der Waals surface area (Å²) in [7, 11) is 1.54. The van der Waals surface area contributed by atoms with E-state index in [1.165, 1.54) is 30.5 Å². The van der Waals surface area contributed by atoms with Crippen LogP contribution in [0.15, 0.2) is 76.6 Å². The molecule has 0 spiro atoms. The van der Waals surface area contributed by atoms with E-state index in [4.69, 9.17) is 9.47 Å². The third-order valence-corrected chi connectivity index (χ3v) is 5.96. The number of hydrogen-bond donors (Lipinski definition) is 1. The molecule has 1 aliphatic heterocycles.